The predicted molar refractivity (Wildman–Crippen MR) is 121 cm³/mol. The minimum atomic E-state index is -0.555. The van der Waals surface area contributed by atoms with Crippen LogP contribution < -0.4 is 23.7 Å². The van der Waals surface area contributed by atoms with Gasteiger partial charge < -0.3 is 28.6 Å². The summed E-state index contributed by atoms with van der Waals surface area (Å²) in [7, 11) is 6.45. The molecule has 1 saturated heterocycles. The van der Waals surface area contributed by atoms with Crippen molar-refractivity contribution in [3.8, 4) is 28.7 Å². The number of ether oxygens (including phenoxy) is 5. The van der Waals surface area contributed by atoms with E-state index in [1.807, 2.05) is 29.2 Å². The van der Waals surface area contributed by atoms with E-state index in [9.17, 15) is 4.79 Å². The number of hydrogen-bond donors (Lipinski definition) is 0. The Balaban J connectivity index is 1.56. The molecule has 32 heavy (non-hydrogen) atoms. The number of carbonyl (C=O) groups excluding carboxylic acids is 1. The van der Waals surface area contributed by atoms with Crippen LogP contribution in [0.25, 0.3) is 0 Å². The molecule has 0 unspecified atom stereocenters. The van der Waals surface area contributed by atoms with Gasteiger partial charge in [0.1, 0.15) is 11.5 Å². The first-order valence-electron chi connectivity index (χ1n) is 10.6. The van der Waals surface area contributed by atoms with Crippen molar-refractivity contribution in [2.45, 2.75) is 19.6 Å². The second-order valence-electron chi connectivity index (χ2n) is 7.53. The van der Waals surface area contributed by atoms with Crippen LogP contribution in [0.2, 0.25) is 0 Å². The second kappa shape index (κ2) is 10.9. The molecule has 0 N–H and O–H groups in total. The first-order chi connectivity index (χ1) is 15.5. The molecule has 0 aliphatic carbocycles. The maximum atomic E-state index is 12.9. The van der Waals surface area contributed by atoms with Gasteiger partial charge in [0.2, 0.25) is 5.75 Å². The van der Waals surface area contributed by atoms with Crippen molar-refractivity contribution in [3.63, 3.8) is 0 Å². The van der Waals surface area contributed by atoms with Gasteiger partial charge in [-0.15, -0.1) is 0 Å². The molecular formula is C24H32N2O6. The molecule has 1 heterocycles. The standard InChI is InChI=1S/C24H32N2O6/c1-17(32-20-9-7-19(28-2)8-10-20)24(27)26-14-12-25(13-15-26)16-18-6-11-21(29-3)23(31-5)22(18)30-4/h6-11,17H,12-16H2,1-5H3/t17-/m0/s1. The SMILES string of the molecule is COc1ccc(O[C@@H](C)C(=O)N2CCN(Cc3ccc(OC)c(OC)c3OC)CC2)cc1. The number of rotatable bonds is 9. The van der Waals surface area contributed by atoms with Gasteiger partial charge >= 0.3 is 0 Å². The molecule has 2 aromatic rings. The van der Waals surface area contributed by atoms with Crippen LogP contribution in [0.15, 0.2) is 36.4 Å². The minimum absolute atomic E-state index is 0.0100. The van der Waals surface area contributed by atoms with Crippen LogP contribution in [0.3, 0.4) is 0 Å². The second-order valence-corrected chi connectivity index (χ2v) is 7.53. The highest BCUT2D eigenvalue weighted by Crippen LogP contribution is 2.40. The van der Waals surface area contributed by atoms with E-state index >= 15 is 0 Å². The number of carbonyl (C=O) groups is 1. The lowest BCUT2D eigenvalue weighted by Crippen LogP contribution is -2.51. The number of hydrogen-bond acceptors (Lipinski definition) is 7. The Morgan fingerprint density at radius 1 is 0.812 bits per heavy atom. The minimum Gasteiger partial charge on any atom is -0.497 e. The lowest BCUT2D eigenvalue weighted by atomic mass is 10.1. The third-order valence-electron chi connectivity index (χ3n) is 5.58. The Labute approximate surface area is 189 Å². The van der Waals surface area contributed by atoms with Gasteiger partial charge in [0, 0.05) is 38.3 Å². The first-order valence-corrected chi connectivity index (χ1v) is 10.6. The van der Waals surface area contributed by atoms with Gasteiger partial charge in [-0.25, -0.2) is 0 Å². The van der Waals surface area contributed by atoms with Crippen molar-refractivity contribution in [1.29, 1.82) is 0 Å². The third-order valence-corrected chi connectivity index (χ3v) is 5.58. The number of nitrogens with zero attached hydrogens (tertiary/aromatic N) is 2. The quantitative estimate of drug-likeness (QED) is 0.589. The lowest BCUT2D eigenvalue weighted by Gasteiger charge is -2.36. The Bertz CT molecular complexity index is 894. The summed E-state index contributed by atoms with van der Waals surface area (Å²) in [6, 6.07) is 11.1. The van der Waals surface area contributed by atoms with E-state index in [-0.39, 0.29) is 5.91 Å². The smallest absolute Gasteiger partial charge is 0.263 e. The van der Waals surface area contributed by atoms with Crippen LogP contribution in [-0.4, -0.2) is 76.4 Å². The molecule has 0 saturated carbocycles. The normalized spacial score (nSPS) is 15.1. The highest BCUT2D eigenvalue weighted by molar-refractivity contribution is 5.81. The summed E-state index contributed by atoms with van der Waals surface area (Å²) in [5.41, 5.74) is 1.01. The lowest BCUT2D eigenvalue weighted by molar-refractivity contribution is -0.139. The zero-order valence-electron chi connectivity index (χ0n) is 19.4. The molecule has 0 spiro atoms. The highest BCUT2D eigenvalue weighted by atomic mass is 16.5. The molecule has 1 atom stereocenters. The number of methoxy groups -OCH3 is 4. The highest BCUT2D eigenvalue weighted by Gasteiger charge is 2.27. The number of amides is 1. The van der Waals surface area contributed by atoms with Crippen LogP contribution >= 0.6 is 0 Å². The van der Waals surface area contributed by atoms with E-state index in [2.05, 4.69) is 4.90 Å². The maximum absolute atomic E-state index is 12.9. The van der Waals surface area contributed by atoms with Crippen LogP contribution in [-0.2, 0) is 11.3 Å². The van der Waals surface area contributed by atoms with Crippen LogP contribution in [0.4, 0.5) is 0 Å². The van der Waals surface area contributed by atoms with Crippen molar-refractivity contribution in [2.75, 3.05) is 54.6 Å². The van der Waals surface area contributed by atoms with Crippen LogP contribution in [0.5, 0.6) is 28.7 Å². The summed E-state index contributed by atoms with van der Waals surface area (Å²) >= 11 is 0. The fraction of sp³-hybridized carbons (Fsp3) is 0.458. The monoisotopic (exact) mass is 444 g/mol. The fourth-order valence-electron chi connectivity index (χ4n) is 3.82. The van der Waals surface area contributed by atoms with E-state index < -0.39 is 6.10 Å². The largest absolute Gasteiger partial charge is 0.497 e. The topological polar surface area (TPSA) is 69.7 Å². The molecule has 2 aromatic carbocycles. The summed E-state index contributed by atoms with van der Waals surface area (Å²) in [6.07, 6.45) is -0.555. The first kappa shape index (κ1) is 23.5. The van der Waals surface area contributed by atoms with Gasteiger partial charge in [0.15, 0.2) is 17.6 Å². The molecule has 1 aliphatic rings. The van der Waals surface area contributed by atoms with Crippen LogP contribution in [0, 0.1) is 0 Å². The van der Waals surface area contributed by atoms with Gasteiger partial charge in [-0.2, -0.15) is 0 Å². The van der Waals surface area contributed by atoms with E-state index in [0.717, 1.165) is 24.4 Å². The van der Waals surface area contributed by atoms with Gasteiger partial charge in [-0.1, -0.05) is 6.07 Å². The van der Waals surface area contributed by atoms with Crippen LogP contribution in [0.1, 0.15) is 12.5 Å². The van der Waals surface area contributed by atoms with Gasteiger partial charge in [0.05, 0.1) is 28.4 Å². The summed E-state index contributed by atoms with van der Waals surface area (Å²) in [4.78, 5) is 17.0. The van der Waals surface area contributed by atoms with E-state index in [1.165, 1.54) is 0 Å². The Kier molecular flexibility index (Phi) is 8.05. The number of piperazine rings is 1. The summed E-state index contributed by atoms with van der Waals surface area (Å²) in [5.74, 6) is 3.28. The molecule has 1 aliphatic heterocycles. The van der Waals surface area contributed by atoms with Crippen molar-refractivity contribution in [3.05, 3.63) is 42.0 Å². The zero-order valence-corrected chi connectivity index (χ0v) is 19.4. The maximum Gasteiger partial charge on any atom is 0.263 e. The Morgan fingerprint density at radius 2 is 1.44 bits per heavy atom. The summed E-state index contributed by atoms with van der Waals surface area (Å²) in [5, 5.41) is 0. The molecule has 1 fully saturated rings. The molecule has 0 aromatic heterocycles. The Hall–Kier alpha value is -3.13. The summed E-state index contributed by atoms with van der Waals surface area (Å²) in [6.45, 7) is 5.30. The van der Waals surface area contributed by atoms with E-state index in [0.29, 0.717) is 42.6 Å². The Morgan fingerprint density at radius 3 is 2.00 bits per heavy atom. The zero-order chi connectivity index (χ0) is 23.1. The predicted octanol–water partition coefficient (Wildman–Crippen LogP) is 2.83. The van der Waals surface area contributed by atoms with Crippen molar-refractivity contribution < 1.29 is 28.5 Å². The van der Waals surface area contributed by atoms with Crippen molar-refractivity contribution in [2.24, 2.45) is 0 Å². The fourth-order valence-corrected chi connectivity index (χ4v) is 3.82. The molecule has 3 rings (SSSR count). The third kappa shape index (κ3) is 5.37. The van der Waals surface area contributed by atoms with Crippen molar-refractivity contribution >= 4 is 5.91 Å². The molecular weight excluding hydrogens is 412 g/mol. The van der Waals surface area contributed by atoms with Gasteiger partial charge in [0.25, 0.3) is 5.91 Å². The molecule has 8 heteroatoms. The summed E-state index contributed by atoms with van der Waals surface area (Å²) < 4.78 is 27.4. The average Bonchev–Trinajstić information content (AvgIpc) is 2.84. The van der Waals surface area contributed by atoms with Gasteiger partial charge in [-0.3, -0.25) is 9.69 Å². The van der Waals surface area contributed by atoms with E-state index in [4.69, 9.17) is 23.7 Å². The van der Waals surface area contributed by atoms with Crippen molar-refractivity contribution in [1.82, 2.24) is 9.80 Å². The number of benzene rings is 2. The molecule has 8 nitrogen and oxygen atoms in total. The van der Waals surface area contributed by atoms with Gasteiger partial charge in [-0.05, 0) is 37.3 Å². The molecule has 174 valence electrons. The van der Waals surface area contributed by atoms with E-state index in [1.54, 1.807) is 47.5 Å². The molecule has 0 bridgehead atoms. The molecule has 1 amide bonds. The average molecular weight is 445 g/mol. The molecule has 0 radical (unpaired) electrons.